The van der Waals surface area contributed by atoms with Crippen molar-refractivity contribution in [2.45, 2.75) is 161 Å². The third-order valence-electron chi connectivity index (χ3n) is 10.9. The fraction of sp³-hybridized carbons (Fsp3) is 0.917. The molecule has 1 amide bonds. The summed E-state index contributed by atoms with van der Waals surface area (Å²) in [6, 6.07) is -1.26. The quantitative estimate of drug-likeness (QED) is 0.195. The van der Waals surface area contributed by atoms with E-state index in [0.29, 0.717) is 13.0 Å². The number of nitrogens with zero attached hydrogens (tertiary/aromatic N) is 1. The number of carbonyl (C=O) groups is 3. The van der Waals surface area contributed by atoms with E-state index < -0.39 is 89.7 Å². The Morgan fingerprint density at radius 1 is 1.08 bits per heavy atom. The summed E-state index contributed by atoms with van der Waals surface area (Å²) in [4.78, 5) is 43.1. The van der Waals surface area contributed by atoms with Crippen LogP contribution >= 0.6 is 0 Å². The molecule has 292 valence electrons. The minimum absolute atomic E-state index is 0.0686. The highest BCUT2D eigenvalue weighted by Gasteiger charge is 2.51. The molecule has 0 aromatic carbocycles. The fourth-order valence-electron chi connectivity index (χ4n) is 7.41. The van der Waals surface area contributed by atoms with Crippen molar-refractivity contribution in [1.29, 1.82) is 0 Å². The first kappa shape index (κ1) is 44.3. The molecule has 0 spiro atoms. The third-order valence-corrected chi connectivity index (χ3v) is 10.9. The van der Waals surface area contributed by atoms with Crippen LogP contribution < -0.4 is 10.6 Å². The first-order valence-electron chi connectivity index (χ1n) is 18.4. The molecule has 0 unspecified atom stereocenters. The summed E-state index contributed by atoms with van der Waals surface area (Å²) in [6.45, 7) is 19.3. The zero-order valence-corrected chi connectivity index (χ0v) is 32.4. The molecule has 50 heavy (non-hydrogen) atoms. The minimum Gasteiger partial charge on any atom is -0.461 e. The van der Waals surface area contributed by atoms with Crippen molar-refractivity contribution in [3.05, 3.63) is 0 Å². The summed E-state index contributed by atoms with van der Waals surface area (Å²) in [5.41, 5.74) is -3.20. The number of esters is 2. The molecule has 0 aromatic heterocycles. The predicted molar refractivity (Wildman–Crippen MR) is 187 cm³/mol. The Morgan fingerprint density at radius 2 is 1.70 bits per heavy atom. The Morgan fingerprint density at radius 3 is 2.24 bits per heavy atom. The van der Waals surface area contributed by atoms with Crippen LogP contribution in [-0.2, 0) is 38.1 Å². The maximum absolute atomic E-state index is 14.0. The zero-order chi connectivity index (χ0) is 38.1. The Balaban J connectivity index is 2.74. The average molecular weight is 718 g/mol. The van der Waals surface area contributed by atoms with Gasteiger partial charge in [0.05, 0.1) is 36.2 Å². The number of amides is 1. The number of aliphatic hydroxyl groups excluding tert-OH is 2. The van der Waals surface area contributed by atoms with Crippen LogP contribution in [0.3, 0.4) is 0 Å². The molecular formula is C36H67N3O11. The molecule has 2 heterocycles. The summed E-state index contributed by atoms with van der Waals surface area (Å²) in [5, 5.41) is 40.0. The van der Waals surface area contributed by atoms with E-state index in [9.17, 15) is 29.7 Å². The first-order valence-corrected chi connectivity index (χ1v) is 18.4. The maximum Gasteiger partial charge on any atom is 0.312 e. The van der Waals surface area contributed by atoms with Crippen molar-refractivity contribution in [2.75, 3.05) is 33.8 Å². The van der Waals surface area contributed by atoms with Gasteiger partial charge in [0.2, 0.25) is 5.91 Å². The molecule has 0 bridgehead atoms. The van der Waals surface area contributed by atoms with Crippen molar-refractivity contribution < 1.29 is 53.4 Å². The van der Waals surface area contributed by atoms with Gasteiger partial charge < -0.3 is 54.5 Å². The lowest BCUT2D eigenvalue weighted by Gasteiger charge is -2.47. The van der Waals surface area contributed by atoms with Gasteiger partial charge >= 0.3 is 11.9 Å². The molecular weight excluding hydrogens is 650 g/mol. The number of rotatable bonds is 11. The number of likely N-dealkylation sites (N-methyl/N-ethyl adjacent to an activating group) is 1. The van der Waals surface area contributed by atoms with E-state index in [-0.39, 0.29) is 31.4 Å². The second-order valence-corrected chi connectivity index (χ2v) is 14.8. The highest BCUT2D eigenvalue weighted by molar-refractivity contribution is 5.79. The van der Waals surface area contributed by atoms with E-state index in [4.69, 9.17) is 23.7 Å². The number of hydrogen-bond donors (Lipinski definition) is 5. The normalized spacial score (nSPS) is 41.1. The Bertz CT molecular complexity index is 1090. The van der Waals surface area contributed by atoms with Crippen LogP contribution in [0, 0.1) is 17.8 Å². The summed E-state index contributed by atoms with van der Waals surface area (Å²) < 4.78 is 31.0. The highest BCUT2D eigenvalue weighted by atomic mass is 16.7. The smallest absolute Gasteiger partial charge is 0.312 e. The topological polar surface area (TPSA) is 185 Å². The van der Waals surface area contributed by atoms with E-state index in [1.165, 1.54) is 14.0 Å². The molecule has 0 aliphatic carbocycles. The first-order chi connectivity index (χ1) is 23.3. The van der Waals surface area contributed by atoms with Gasteiger partial charge in [0.1, 0.15) is 30.0 Å². The molecule has 0 saturated carbocycles. The van der Waals surface area contributed by atoms with E-state index in [0.717, 1.165) is 13.1 Å². The monoisotopic (exact) mass is 717 g/mol. The van der Waals surface area contributed by atoms with Crippen LogP contribution in [0.5, 0.6) is 0 Å². The standard InChI is InChI=1S/C36H67N3O11/c1-13-26-36(10,45)30(42)24(8)38-32(43)20(4)19-35(9,46-12)31(50-34-28(41)25(37-11)18-21(5)47-34)22(6)29(23(7)33(44)48-26)49-27(40)16-17-39(14-2)15-3/h20-26,28-31,34,37,41-42,45H,13-19H2,1-12H3,(H,38,43)/t20-,21-,22+,23-,24-,25+,26-,28+,29+,30+,31-,34+,35-,36-/m1/s1. The predicted octanol–water partition coefficient (Wildman–Crippen LogP) is 1.75. The van der Waals surface area contributed by atoms with Gasteiger partial charge in [0.25, 0.3) is 0 Å². The number of carbonyl (C=O) groups excluding carboxylic acids is 3. The Kier molecular flexibility index (Phi) is 17.0. The number of ether oxygens (including phenoxy) is 5. The second kappa shape index (κ2) is 19.2. The highest BCUT2D eigenvalue weighted by Crippen LogP contribution is 2.38. The van der Waals surface area contributed by atoms with Gasteiger partial charge in [-0.25, -0.2) is 0 Å². The van der Waals surface area contributed by atoms with Crippen molar-refractivity contribution in [1.82, 2.24) is 15.5 Å². The number of methoxy groups -OCH3 is 1. The molecule has 14 heteroatoms. The van der Waals surface area contributed by atoms with Gasteiger partial charge in [-0.15, -0.1) is 0 Å². The Labute approximate surface area is 299 Å². The van der Waals surface area contributed by atoms with Gasteiger partial charge in [-0.05, 0) is 74.0 Å². The fourth-order valence-corrected chi connectivity index (χ4v) is 7.41. The van der Waals surface area contributed by atoms with Crippen LogP contribution in [0.4, 0.5) is 0 Å². The van der Waals surface area contributed by atoms with Crippen LogP contribution in [0.15, 0.2) is 0 Å². The van der Waals surface area contributed by atoms with E-state index in [1.807, 2.05) is 20.8 Å². The van der Waals surface area contributed by atoms with E-state index >= 15 is 0 Å². The summed E-state index contributed by atoms with van der Waals surface area (Å²) >= 11 is 0. The molecule has 2 saturated heterocycles. The summed E-state index contributed by atoms with van der Waals surface area (Å²) in [6.07, 6.45) is -6.41. The average Bonchev–Trinajstić information content (AvgIpc) is 3.08. The van der Waals surface area contributed by atoms with Crippen LogP contribution in [0.25, 0.3) is 0 Å². The minimum atomic E-state index is -1.94. The SMILES string of the molecule is CC[C@H]1OC(=O)[C@H](C)[C@@H](OC(=O)CCN(CC)CC)[C@H](C)[C@@H](O[C@@H]2O[C@H](C)C[C@H](NC)[C@@H]2O)[C@](C)(OC)C[C@@H](C)C(=O)N[C@H](C)[C@H](O)[C@]1(C)O. The van der Waals surface area contributed by atoms with Crippen molar-refractivity contribution in [2.24, 2.45) is 17.8 Å². The van der Waals surface area contributed by atoms with Crippen LogP contribution in [0.1, 0.15) is 94.9 Å². The van der Waals surface area contributed by atoms with E-state index in [2.05, 4.69) is 15.5 Å². The molecule has 2 aliphatic rings. The molecule has 14 nitrogen and oxygen atoms in total. The number of nitrogens with one attached hydrogen (secondary N) is 2. The van der Waals surface area contributed by atoms with Gasteiger partial charge in [-0.2, -0.15) is 0 Å². The van der Waals surface area contributed by atoms with Gasteiger partial charge in [0.15, 0.2) is 6.29 Å². The molecule has 2 fully saturated rings. The Hall–Kier alpha value is -1.91. The lowest BCUT2D eigenvalue weighted by Crippen LogP contribution is -2.60. The zero-order valence-electron chi connectivity index (χ0n) is 32.4. The van der Waals surface area contributed by atoms with Gasteiger partial charge in [-0.1, -0.05) is 34.6 Å². The summed E-state index contributed by atoms with van der Waals surface area (Å²) in [5.74, 6) is -4.25. The second-order valence-electron chi connectivity index (χ2n) is 14.8. The lowest BCUT2D eigenvalue weighted by atomic mass is 9.77. The van der Waals surface area contributed by atoms with Crippen molar-refractivity contribution in [3.8, 4) is 0 Å². The lowest BCUT2D eigenvalue weighted by molar-refractivity contribution is -0.296. The molecule has 14 atom stereocenters. The molecule has 0 aromatic rings. The summed E-state index contributed by atoms with van der Waals surface area (Å²) in [7, 11) is 3.23. The number of hydrogen-bond acceptors (Lipinski definition) is 13. The molecule has 2 rings (SSSR count). The molecule has 0 radical (unpaired) electrons. The number of cyclic esters (lactones) is 1. The van der Waals surface area contributed by atoms with Crippen molar-refractivity contribution >= 4 is 17.8 Å². The van der Waals surface area contributed by atoms with Crippen molar-refractivity contribution in [3.63, 3.8) is 0 Å². The van der Waals surface area contributed by atoms with Crippen LogP contribution in [0.2, 0.25) is 0 Å². The maximum atomic E-state index is 14.0. The largest absolute Gasteiger partial charge is 0.461 e. The molecule has 2 aliphatic heterocycles. The van der Waals surface area contributed by atoms with Gasteiger partial charge in [0, 0.05) is 31.5 Å². The van der Waals surface area contributed by atoms with Crippen LogP contribution in [-0.4, -0.2) is 138 Å². The number of aliphatic hydroxyl groups is 3. The van der Waals surface area contributed by atoms with E-state index in [1.54, 1.807) is 48.6 Å². The van der Waals surface area contributed by atoms with Gasteiger partial charge in [-0.3, -0.25) is 14.4 Å². The third kappa shape index (κ3) is 10.8. The molecule has 5 N–H and O–H groups in total.